The molecule has 0 fully saturated rings. The molecule has 0 aromatic carbocycles. The van der Waals surface area contributed by atoms with Gasteiger partial charge < -0.3 is 5.73 Å². The Labute approximate surface area is 90.9 Å². The highest BCUT2D eigenvalue weighted by Crippen LogP contribution is 2.23. The largest absolute Gasteiger partial charge is 0.396 e. The highest BCUT2D eigenvalue weighted by Gasteiger charge is 2.12. The second-order valence-electron chi connectivity index (χ2n) is 3.22. The lowest BCUT2D eigenvalue weighted by Crippen LogP contribution is -2.00. The predicted octanol–water partition coefficient (Wildman–Crippen LogP) is 1.08. The SMILES string of the molecule is Cn1ncc(N)c1-c1ccc(C#N)c(F)n1. The number of rotatable bonds is 1. The third-order valence-electron chi connectivity index (χ3n) is 2.18. The fraction of sp³-hybridized carbons (Fsp3) is 0.100. The van der Waals surface area contributed by atoms with E-state index in [0.717, 1.165) is 0 Å². The van der Waals surface area contributed by atoms with E-state index in [1.54, 1.807) is 13.1 Å². The van der Waals surface area contributed by atoms with Crippen LogP contribution in [0.1, 0.15) is 5.56 Å². The van der Waals surface area contributed by atoms with E-state index >= 15 is 0 Å². The first-order valence-corrected chi connectivity index (χ1v) is 4.48. The van der Waals surface area contributed by atoms with Gasteiger partial charge >= 0.3 is 0 Å². The zero-order chi connectivity index (χ0) is 11.7. The highest BCUT2D eigenvalue weighted by atomic mass is 19.1. The topological polar surface area (TPSA) is 80.5 Å². The smallest absolute Gasteiger partial charge is 0.231 e. The van der Waals surface area contributed by atoms with Crippen LogP contribution in [0.3, 0.4) is 0 Å². The summed E-state index contributed by atoms with van der Waals surface area (Å²) in [5.74, 6) is -0.805. The van der Waals surface area contributed by atoms with Gasteiger partial charge in [-0.2, -0.15) is 14.8 Å². The number of nitrogens with zero attached hydrogens (tertiary/aromatic N) is 4. The Hall–Kier alpha value is -2.42. The minimum Gasteiger partial charge on any atom is -0.396 e. The molecule has 0 aliphatic carbocycles. The molecule has 0 amide bonds. The average molecular weight is 217 g/mol. The Morgan fingerprint density at radius 1 is 1.50 bits per heavy atom. The maximum absolute atomic E-state index is 13.3. The number of hydrogen-bond donors (Lipinski definition) is 1. The molecule has 0 saturated carbocycles. The van der Waals surface area contributed by atoms with Gasteiger partial charge in [0.1, 0.15) is 17.3 Å². The molecular formula is C10H8FN5. The lowest BCUT2D eigenvalue weighted by Gasteiger charge is -2.03. The summed E-state index contributed by atoms with van der Waals surface area (Å²) in [5.41, 5.74) is 6.89. The van der Waals surface area contributed by atoms with E-state index in [9.17, 15) is 4.39 Å². The van der Waals surface area contributed by atoms with Crippen molar-refractivity contribution >= 4 is 5.69 Å². The van der Waals surface area contributed by atoms with E-state index in [4.69, 9.17) is 11.0 Å². The molecule has 0 saturated heterocycles. The molecule has 80 valence electrons. The standard InChI is InChI=1S/C10H8FN5/c1-16-9(7(13)5-14-16)8-3-2-6(4-12)10(11)15-8/h2-3,5H,13H2,1H3. The van der Waals surface area contributed by atoms with Gasteiger partial charge in [0.25, 0.3) is 0 Å². The number of anilines is 1. The van der Waals surface area contributed by atoms with Crippen LogP contribution in [0.15, 0.2) is 18.3 Å². The van der Waals surface area contributed by atoms with Crippen LogP contribution in [0.25, 0.3) is 11.4 Å². The Morgan fingerprint density at radius 2 is 2.25 bits per heavy atom. The van der Waals surface area contributed by atoms with Crippen molar-refractivity contribution in [2.75, 3.05) is 5.73 Å². The number of aromatic nitrogens is 3. The number of nitrogens with two attached hydrogens (primary N) is 1. The van der Waals surface area contributed by atoms with Gasteiger partial charge in [0.2, 0.25) is 5.95 Å². The monoisotopic (exact) mass is 217 g/mol. The van der Waals surface area contributed by atoms with E-state index in [2.05, 4.69) is 10.1 Å². The molecule has 0 atom stereocenters. The molecule has 16 heavy (non-hydrogen) atoms. The Morgan fingerprint density at radius 3 is 2.75 bits per heavy atom. The normalized spacial score (nSPS) is 10.1. The summed E-state index contributed by atoms with van der Waals surface area (Å²) < 4.78 is 14.8. The van der Waals surface area contributed by atoms with Crippen molar-refractivity contribution < 1.29 is 4.39 Å². The summed E-state index contributed by atoms with van der Waals surface area (Å²) in [6.45, 7) is 0. The van der Waals surface area contributed by atoms with Crippen LogP contribution >= 0.6 is 0 Å². The fourth-order valence-corrected chi connectivity index (χ4v) is 1.42. The third kappa shape index (κ3) is 1.48. The van der Waals surface area contributed by atoms with Crippen LogP contribution in [0.5, 0.6) is 0 Å². The molecular weight excluding hydrogens is 209 g/mol. The van der Waals surface area contributed by atoms with Gasteiger partial charge in [0, 0.05) is 7.05 Å². The van der Waals surface area contributed by atoms with E-state index < -0.39 is 5.95 Å². The van der Waals surface area contributed by atoms with Crippen molar-refractivity contribution in [3.63, 3.8) is 0 Å². The van der Waals surface area contributed by atoms with E-state index in [1.165, 1.54) is 23.0 Å². The van der Waals surface area contributed by atoms with Crippen molar-refractivity contribution in [1.82, 2.24) is 14.8 Å². The number of hydrogen-bond acceptors (Lipinski definition) is 4. The van der Waals surface area contributed by atoms with Crippen LogP contribution in [0.4, 0.5) is 10.1 Å². The van der Waals surface area contributed by atoms with Crippen molar-refractivity contribution in [3.8, 4) is 17.5 Å². The van der Waals surface area contributed by atoms with Crippen LogP contribution in [0.2, 0.25) is 0 Å². The third-order valence-corrected chi connectivity index (χ3v) is 2.18. The van der Waals surface area contributed by atoms with Crippen molar-refractivity contribution in [1.29, 1.82) is 5.26 Å². The molecule has 2 aromatic heterocycles. The summed E-state index contributed by atoms with van der Waals surface area (Å²) in [5, 5.41) is 12.5. The van der Waals surface area contributed by atoms with Gasteiger partial charge in [0.15, 0.2) is 0 Å². The summed E-state index contributed by atoms with van der Waals surface area (Å²) in [6.07, 6.45) is 1.47. The molecule has 0 radical (unpaired) electrons. The Kier molecular flexibility index (Phi) is 2.29. The van der Waals surface area contributed by atoms with Crippen molar-refractivity contribution in [2.45, 2.75) is 0 Å². The van der Waals surface area contributed by atoms with Crippen LogP contribution < -0.4 is 5.73 Å². The van der Waals surface area contributed by atoms with Crippen molar-refractivity contribution in [2.24, 2.45) is 7.05 Å². The maximum Gasteiger partial charge on any atom is 0.231 e. The molecule has 0 aliphatic rings. The van der Waals surface area contributed by atoms with E-state index in [-0.39, 0.29) is 5.56 Å². The van der Waals surface area contributed by atoms with Gasteiger partial charge in [-0.1, -0.05) is 0 Å². The van der Waals surface area contributed by atoms with Gasteiger partial charge in [0.05, 0.1) is 17.6 Å². The lowest BCUT2D eigenvalue weighted by atomic mass is 10.2. The zero-order valence-electron chi connectivity index (χ0n) is 8.48. The molecule has 2 N–H and O–H groups in total. The molecule has 2 aromatic rings. The maximum atomic E-state index is 13.3. The minimum atomic E-state index is -0.805. The number of pyridine rings is 1. The van der Waals surface area contributed by atoms with Gasteiger partial charge in [-0.05, 0) is 12.1 Å². The summed E-state index contributed by atoms with van der Waals surface area (Å²) in [4.78, 5) is 3.68. The first kappa shape index (κ1) is 10.1. The molecule has 0 spiro atoms. The number of nitrogen functional groups attached to an aromatic ring is 1. The molecule has 6 heteroatoms. The number of halogens is 1. The van der Waals surface area contributed by atoms with Crippen molar-refractivity contribution in [3.05, 3.63) is 29.8 Å². The lowest BCUT2D eigenvalue weighted by molar-refractivity contribution is 0.580. The Bertz CT molecular complexity index is 562. The molecule has 2 heterocycles. The highest BCUT2D eigenvalue weighted by molar-refractivity contribution is 5.69. The minimum absolute atomic E-state index is 0.0931. The molecule has 5 nitrogen and oxygen atoms in total. The van der Waals surface area contributed by atoms with E-state index in [1.807, 2.05) is 0 Å². The van der Waals surface area contributed by atoms with Crippen LogP contribution in [-0.2, 0) is 7.05 Å². The first-order valence-electron chi connectivity index (χ1n) is 4.48. The Balaban J connectivity index is 2.59. The van der Waals surface area contributed by atoms with Gasteiger partial charge in [-0.15, -0.1) is 0 Å². The van der Waals surface area contributed by atoms with Gasteiger partial charge in [-0.3, -0.25) is 4.68 Å². The fourth-order valence-electron chi connectivity index (χ4n) is 1.42. The van der Waals surface area contributed by atoms with Crippen LogP contribution in [-0.4, -0.2) is 14.8 Å². The quantitative estimate of drug-likeness (QED) is 0.724. The molecule has 0 unspecified atom stereocenters. The summed E-state index contributed by atoms with van der Waals surface area (Å²) >= 11 is 0. The summed E-state index contributed by atoms with van der Waals surface area (Å²) in [7, 11) is 1.68. The predicted molar refractivity (Wildman–Crippen MR) is 55.5 cm³/mol. The second-order valence-corrected chi connectivity index (χ2v) is 3.22. The second kappa shape index (κ2) is 3.62. The molecule has 0 bridgehead atoms. The average Bonchev–Trinajstić information content (AvgIpc) is 2.58. The number of nitriles is 1. The molecule has 0 aliphatic heterocycles. The number of aryl methyl sites for hydroxylation is 1. The van der Waals surface area contributed by atoms with Gasteiger partial charge in [-0.25, -0.2) is 4.98 Å². The zero-order valence-corrected chi connectivity index (χ0v) is 8.48. The first-order chi connectivity index (χ1) is 7.63. The van der Waals surface area contributed by atoms with Crippen LogP contribution in [0, 0.1) is 17.3 Å². The van der Waals surface area contributed by atoms with E-state index in [0.29, 0.717) is 17.1 Å². The summed E-state index contributed by atoms with van der Waals surface area (Å²) in [6, 6.07) is 4.61. The molecule has 2 rings (SSSR count).